The Labute approximate surface area is 300 Å². The van der Waals surface area contributed by atoms with E-state index in [1.165, 1.54) is 86.8 Å². The van der Waals surface area contributed by atoms with E-state index >= 15 is 0 Å². The zero-order valence-corrected chi connectivity index (χ0v) is 30.5. The van der Waals surface area contributed by atoms with Crippen molar-refractivity contribution in [2.45, 2.75) is 63.0 Å². The fourth-order valence-electron chi connectivity index (χ4n) is 7.38. The fraction of sp³-hybridized carbons (Fsp3) is 0.432. The monoisotopic (exact) mass is 675 g/mol. The smallest absolute Gasteiger partial charge is 0.230 e. The van der Waals surface area contributed by atoms with Crippen LogP contribution in [0.2, 0.25) is 0 Å². The third-order valence-electron chi connectivity index (χ3n) is 10.0. The Morgan fingerprint density at radius 1 is 0.714 bits per heavy atom. The van der Waals surface area contributed by atoms with Crippen molar-refractivity contribution in [2.24, 2.45) is 5.92 Å². The first-order valence-corrected chi connectivity index (χ1v) is 19.7. The maximum Gasteiger partial charge on any atom is 0.230 e. The molecule has 1 aliphatic rings. The summed E-state index contributed by atoms with van der Waals surface area (Å²) in [4.78, 5) is 18.6. The standard InChI is InChI=1S/C44H57N3OS/c1-2-30-46(31-17-3-4-18-32-47-33-27-39(28-34-47)36-38-19-9-5-10-20-38)35-29-45-43(48)37-49-44(40-21-11-6-12-22-40,41-23-13-7-14-24-41)42-25-15-8-16-26-42/h5-16,19-26,39H,2-4,17-18,27-37H2,1H3,(H,45,48). The highest BCUT2D eigenvalue weighted by atomic mass is 32.2. The lowest BCUT2D eigenvalue weighted by molar-refractivity contribution is -0.118. The third kappa shape index (κ3) is 11.3. The van der Waals surface area contributed by atoms with Crippen LogP contribution in [0.25, 0.3) is 0 Å². The molecule has 4 nitrogen and oxygen atoms in total. The van der Waals surface area contributed by atoms with Gasteiger partial charge in [-0.25, -0.2) is 0 Å². The number of hydrogen-bond acceptors (Lipinski definition) is 4. The minimum absolute atomic E-state index is 0.0951. The van der Waals surface area contributed by atoms with Crippen LogP contribution in [0.15, 0.2) is 121 Å². The minimum atomic E-state index is -0.478. The number of carbonyl (C=O) groups excluding carboxylic acids is 1. The SMILES string of the molecule is CCCN(CCCCCCN1CCC(Cc2ccccc2)CC1)CCNC(=O)CSC(c1ccccc1)(c1ccccc1)c1ccccc1. The van der Waals surface area contributed by atoms with Gasteiger partial charge in [-0.15, -0.1) is 11.8 Å². The molecule has 5 rings (SSSR count). The van der Waals surface area contributed by atoms with Gasteiger partial charge in [-0.2, -0.15) is 0 Å². The lowest BCUT2D eigenvalue weighted by Gasteiger charge is -2.35. The van der Waals surface area contributed by atoms with Gasteiger partial charge < -0.3 is 15.1 Å². The van der Waals surface area contributed by atoms with Crippen LogP contribution < -0.4 is 5.32 Å². The molecule has 0 atom stereocenters. The van der Waals surface area contributed by atoms with Crippen molar-refractivity contribution < 1.29 is 4.79 Å². The van der Waals surface area contributed by atoms with E-state index in [1.807, 2.05) is 0 Å². The average molecular weight is 676 g/mol. The molecule has 49 heavy (non-hydrogen) atoms. The van der Waals surface area contributed by atoms with Gasteiger partial charge >= 0.3 is 0 Å². The van der Waals surface area contributed by atoms with Crippen LogP contribution in [0.4, 0.5) is 0 Å². The molecule has 0 radical (unpaired) electrons. The lowest BCUT2D eigenvalue weighted by Crippen LogP contribution is -2.37. The molecule has 0 aliphatic carbocycles. The summed E-state index contributed by atoms with van der Waals surface area (Å²) in [6, 6.07) is 42.8. The van der Waals surface area contributed by atoms with Crippen molar-refractivity contribution >= 4 is 17.7 Å². The van der Waals surface area contributed by atoms with Gasteiger partial charge in [0.1, 0.15) is 0 Å². The molecule has 0 spiro atoms. The summed E-state index contributed by atoms with van der Waals surface area (Å²) < 4.78 is -0.478. The average Bonchev–Trinajstić information content (AvgIpc) is 3.16. The number of hydrogen-bond donors (Lipinski definition) is 1. The first kappa shape index (κ1) is 36.9. The molecular weight excluding hydrogens is 619 g/mol. The van der Waals surface area contributed by atoms with E-state index < -0.39 is 4.75 Å². The summed E-state index contributed by atoms with van der Waals surface area (Å²) >= 11 is 1.71. The molecule has 1 saturated heterocycles. The predicted molar refractivity (Wildman–Crippen MR) is 209 cm³/mol. The number of likely N-dealkylation sites (tertiary alicyclic amines) is 1. The van der Waals surface area contributed by atoms with Crippen LogP contribution in [0.1, 0.15) is 74.1 Å². The zero-order chi connectivity index (χ0) is 34.0. The molecule has 5 heteroatoms. The molecule has 1 N–H and O–H groups in total. The normalized spacial score (nSPS) is 14.2. The van der Waals surface area contributed by atoms with E-state index in [0.717, 1.165) is 32.0 Å². The van der Waals surface area contributed by atoms with Crippen molar-refractivity contribution in [3.05, 3.63) is 144 Å². The van der Waals surface area contributed by atoms with Crippen molar-refractivity contribution in [3.8, 4) is 0 Å². The number of nitrogens with zero attached hydrogens (tertiary/aromatic N) is 2. The van der Waals surface area contributed by atoms with Crippen LogP contribution >= 0.6 is 11.8 Å². The number of rotatable bonds is 20. The molecule has 0 aromatic heterocycles. The Hall–Kier alpha value is -3.38. The first-order chi connectivity index (χ1) is 24.2. The van der Waals surface area contributed by atoms with E-state index in [4.69, 9.17) is 0 Å². The minimum Gasteiger partial charge on any atom is -0.354 e. The second-order valence-corrected chi connectivity index (χ2v) is 14.8. The Morgan fingerprint density at radius 3 is 1.80 bits per heavy atom. The van der Waals surface area contributed by atoms with E-state index in [-0.39, 0.29) is 5.91 Å². The van der Waals surface area contributed by atoms with Crippen molar-refractivity contribution in [1.82, 2.24) is 15.1 Å². The van der Waals surface area contributed by atoms with Gasteiger partial charge in [-0.1, -0.05) is 141 Å². The summed E-state index contributed by atoms with van der Waals surface area (Å²) in [5.74, 6) is 1.33. The summed E-state index contributed by atoms with van der Waals surface area (Å²) in [5.41, 5.74) is 5.04. The largest absolute Gasteiger partial charge is 0.354 e. The van der Waals surface area contributed by atoms with E-state index in [2.05, 4.69) is 143 Å². The maximum absolute atomic E-state index is 13.3. The first-order valence-electron chi connectivity index (χ1n) is 18.7. The molecule has 1 heterocycles. The molecule has 260 valence electrons. The summed E-state index contributed by atoms with van der Waals surface area (Å²) in [6.45, 7) is 9.82. The summed E-state index contributed by atoms with van der Waals surface area (Å²) in [5, 5.41) is 3.26. The van der Waals surface area contributed by atoms with Gasteiger partial charge in [0.25, 0.3) is 0 Å². The summed E-state index contributed by atoms with van der Waals surface area (Å²) in [6.07, 6.45) is 10.2. The molecule has 0 bridgehead atoms. The predicted octanol–water partition coefficient (Wildman–Crippen LogP) is 9.06. The van der Waals surface area contributed by atoms with Crippen LogP contribution in [0.3, 0.4) is 0 Å². The number of unbranched alkanes of at least 4 members (excludes halogenated alkanes) is 3. The molecule has 1 aliphatic heterocycles. The van der Waals surface area contributed by atoms with Gasteiger partial charge in [0.15, 0.2) is 0 Å². The van der Waals surface area contributed by atoms with Crippen LogP contribution in [-0.4, -0.2) is 67.3 Å². The molecule has 4 aromatic carbocycles. The topological polar surface area (TPSA) is 35.6 Å². The van der Waals surface area contributed by atoms with Crippen LogP contribution in [0, 0.1) is 5.92 Å². The maximum atomic E-state index is 13.3. The summed E-state index contributed by atoms with van der Waals surface area (Å²) in [7, 11) is 0. The third-order valence-corrected chi connectivity index (χ3v) is 11.6. The number of thioether (sulfide) groups is 1. The van der Waals surface area contributed by atoms with E-state index in [9.17, 15) is 4.79 Å². The van der Waals surface area contributed by atoms with Gasteiger partial charge in [0, 0.05) is 13.1 Å². The van der Waals surface area contributed by atoms with Crippen molar-refractivity contribution in [1.29, 1.82) is 0 Å². The molecular formula is C44H57N3OS. The lowest BCUT2D eigenvalue weighted by atomic mass is 9.84. The molecule has 1 fully saturated rings. The van der Waals surface area contributed by atoms with Gasteiger partial charge in [0.05, 0.1) is 10.5 Å². The number of amides is 1. The highest BCUT2D eigenvalue weighted by molar-refractivity contribution is 8.01. The van der Waals surface area contributed by atoms with E-state index in [0.29, 0.717) is 12.3 Å². The number of nitrogens with one attached hydrogen (secondary N) is 1. The highest BCUT2D eigenvalue weighted by Crippen LogP contribution is 2.48. The number of carbonyl (C=O) groups is 1. The Morgan fingerprint density at radius 2 is 1.24 bits per heavy atom. The quantitative estimate of drug-likeness (QED) is 0.0749. The molecule has 0 unspecified atom stereocenters. The Bertz CT molecular complexity index is 1360. The van der Waals surface area contributed by atoms with Crippen molar-refractivity contribution in [2.75, 3.05) is 51.6 Å². The van der Waals surface area contributed by atoms with Gasteiger partial charge in [-0.3, -0.25) is 4.79 Å². The number of benzene rings is 4. The van der Waals surface area contributed by atoms with Crippen LogP contribution in [0.5, 0.6) is 0 Å². The molecule has 4 aromatic rings. The van der Waals surface area contributed by atoms with Crippen molar-refractivity contribution in [3.63, 3.8) is 0 Å². The second-order valence-electron chi connectivity index (χ2n) is 13.6. The Kier molecular flexibility index (Phi) is 15.3. The Balaban J connectivity index is 1.02. The van der Waals surface area contributed by atoms with E-state index in [1.54, 1.807) is 11.8 Å². The number of piperidine rings is 1. The van der Waals surface area contributed by atoms with Gasteiger partial charge in [-0.05, 0) is 99.4 Å². The molecule has 1 amide bonds. The fourth-order valence-corrected chi connectivity index (χ4v) is 8.74. The van der Waals surface area contributed by atoms with Gasteiger partial charge in [0.2, 0.25) is 5.91 Å². The highest BCUT2D eigenvalue weighted by Gasteiger charge is 2.37. The zero-order valence-electron chi connectivity index (χ0n) is 29.6. The second kappa shape index (κ2) is 20.3. The van der Waals surface area contributed by atoms with Crippen LogP contribution in [-0.2, 0) is 16.0 Å². The molecule has 0 saturated carbocycles.